The number of hydrogen-bond donors (Lipinski definition) is 2. The lowest BCUT2D eigenvalue weighted by Gasteiger charge is -2.54. The van der Waals surface area contributed by atoms with E-state index in [9.17, 15) is 0 Å². The van der Waals surface area contributed by atoms with Crippen molar-refractivity contribution in [3.8, 4) is 11.3 Å². The van der Waals surface area contributed by atoms with Crippen molar-refractivity contribution in [2.75, 3.05) is 11.1 Å². The Hall–Kier alpha value is -3.28. The van der Waals surface area contributed by atoms with Crippen LogP contribution in [-0.4, -0.2) is 26.0 Å². The lowest BCUT2D eigenvalue weighted by Crippen LogP contribution is -2.51. The molecular formula is C26H26N6. The van der Waals surface area contributed by atoms with Crippen LogP contribution in [0.25, 0.3) is 33.2 Å². The van der Waals surface area contributed by atoms with Gasteiger partial charge in [-0.25, -0.2) is 9.97 Å². The second-order valence-electron chi connectivity index (χ2n) is 9.99. The summed E-state index contributed by atoms with van der Waals surface area (Å²) in [6.07, 6.45) is 8.62. The highest BCUT2D eigenvalue weighted by Gasteiger charge is 2.48. The molecule has 8 rings (SSSR count). The van der Waals surface area contributed by atoms with Gasteiger partial charge in [0.1, 0.15) is 0 Å². The van der Waals surface area contributed by atoms with Crippen LogP contribution in [0.15, 0.2) is 48.7 Å². The first-order valence-corrected chi connectivity index (χ1v) is 11.8. The molecule has 6 heteroatoms. The normalized spacial score (nSPS) is 28.4. The summed E-state index contributed by atoms with van der Waals surface area (Å²) in [5.41, 5.74) is 9.22. The van der Waals surface area contributed by atoms with Crippen molar-refractivity contribution in [2.45, 2.75) is 38.1 Å². The third-order valence-electron chi connectivity index (χ3n) is 8.02. The highest BCUT2D eigenvalue weighted by molar-refractivity contribution is 5.96. The molecule has 32 heavy (non-hydrogen) atoms. The quantitative estimate of drug-likeness (QED) is 0.480. The third kappa shape index (κ3) is 2.85. The zero-order chi connectivity index (χ0) is 21.2. The van der Waals surface area contributed by atoms with Gasteiger partial charge < -0.3 is 11.1 Å². The number of benzene rings is 2. The van der Waals surface area contributed by atoms with Crippen LogP contribution in [-0.2, 0) is 0 Å². The maximum Gasteiger partial charge on any atom is 0.224 e. The van der Waals surface area contributed by atoms with Gasteiger partial charge >= 0.3 is 0 Å². The molecular weight excluding hydrogens is 396 g/mol. The van der Waals surface area contributed by atoms with Gasteiger partial charge in [0.15, 0.2) is 17.0 Å². The molecule has 4 fully saturated rings. The minimum absolute atomic E-state index is 0.246. The largest absolute Gasteiger partial charge is 0.368 e. The molecule has 0 aliphatic heterocycles. The van der Waals surface area contributed by atoms with Crippen molar-refractivity contribution >= 4 is 33.7 Å². The Morgan fingerprint density at radius 3 is 2.38 bits per heavy atom. The standard InChI is InChI=1S/C26H26N6/c27-26-31-24-23(25(32-26)30-22-17-9-14-8-15(11-17)12-18(22)10-14)29-21(13-28-24)20-7-3-5-16-4-1-2-6-19(16)20/h1-7,13-15,17-18,22H,8-12H2,(H3,27,28,30,31,32). The number of rotatable bonds is 3. The Bertz CT molecular complexity index is 1320. The Kier molecular flexibility index (Phi) is 3.92. The molecule has 0 amide bonds. The van der Waals surface area contributed by atoms with Gasteiger partial charge in [0.2, 0.25) is 5.95 Å². The van der Waals surface area contributed by atoms with Crippen molar-refractivity contribution in [1.29, 1.82) is 0 Å². The molecule has 4 aliphatic rings. The summed E-state index contributed by atoms with van der Waals surface area (Å²) < 4.78 is 0. The highest BCUT2D eigenvalue weighted by Crippen LogP contribution is 2.54. The number of nitrogens with zero attached hydrogens (tertiary/aromatic N) is 4. The molecule has 4 saturated carbocycles. The molecule has 2 heterocycles. The molecule has 0 spiro atoms. The van der Waals surface area contributed by atoms with Gasteiger partial charge in [0, 0.05) is 11.6 Å². The fourth-order valence-corrected chi connectivity index (χ4v) is 6.92. The van der Waals surface area contributed by atoms with E-state index < -0.39 is 0 Å². The van der Waals surface area contributed by atoms with Crippen LogP contribution in [0, 0.1) is 23.7 Å². The molecule has 3 N–H and O–H groups in total. The van der Waals surface area contributed by atoms with Gasteiger partial charge in [-0.1, -0.05) is 42.5 Å². The van der Waals surface area contributed by atoms with E-state index >= 15 is 0 Å². The fraction of sp³-hybridized carbons (Fsp3) is 0.385. The average Bonchev–Trinajstić information content (AvgIpc) is 2.80. The van der Waals surface area contributed by atoms with E-state index in [0.29, 0.717) is 17.2 Å². The van der Waals surface area contributed by atoms with E-state index in [0.717, 1.165) is 46.1 Å². The van der Waals surface area contributed by atoms with Crippen LogP contribution in [0.3, 0.4) is 0 Å². The number of anilines is 2. The van der Waals surface area contributed by atoms with Crippen LogP contribution < -0.4 is 11.1 Å². The molecule has 160 valence electrons. The minimum atomic E-state index is 0.246. The number of fused-ring (bicyclic) bond motifs is 2. The van der Waals surface area contributed by atoms with E-state index in [-0.39, 0.29) is 5.95 Å². The second-order valence-corrected chi connectivity index (χ2v) is 9.99. The van der Waals surface area contributed by atoms with Crippen molar-refractivity contribution in [3.05, 3.63) is 48.7 Å². The molecule has 2 aromatic carbocycles. The number of hydrogen-bond acceptors (Lipinski definition) is 6. The highest BCUT2D eigenvalue weighted by atomic mass is 15.1. The molecule has 0 unspecified atom stereocenters. The first-order chi connectivity index (χ1) is 15.7. The maximum absolute atomic E-state index is 6.07. The van der Waals surface area contributed by atoms with Crippen LogP contribution in [0.4, 0.5) is 11.8 Å². The second kappa shape index (κ2) is 6.86. The lowest BCUT2D eigenvalue weighted by molar-refractivity contribution is 0.00746. The molecule has 4 aliphatic carbocycles. The zero-order valence-corrected chi connectivity index (χ0v) is 17.9. The summed E-state index contributed by atoms with van der Waals surface area (Å²) in [4.78, 5) is 18.6. The molecule has 0 saturated heterocycles. The van der Waals surface area contributed by atoms with Crippen molar-refractivity contribution < 1.29 is 0 Å². The predicted octanol–water partition coefficient (Wildman–Crippen LogP) is 5.06. The van der Waals surface area contributed by atoms with E-state index in [1.807, 2.05) is 0 Å². The number of aromatic nitrogens is 4. The maximum atomic E-state index is 6.07. The van der Waals surface area contributed by atoms with Crippen molar-refractivity contribution in [1.82, 2.24) is 19.9 Å². The van der Waals surface area contributed by atoms with Gasteiger partial charge in [0.25, 0.3) is 0 Å². The van der Waals surface area contributed by atoms with Crippen molar-refractivity contribution in [2.24, 2.45) is 23.7 Å². The molecule has 4 bridgehead atoms. The van der Waals surface area contributed by atoms with E-state index in [1.165, 1.54) is 37.5 Å². The molecule has 0 radical (unpaired) electrons. The fourth-order valence-electron chi connectivity index (χ4n) is 6.92. The summed E-state index contributed by atoms with van der Waals surface area (Å²) in [5, 5.41) is 6.14. The third-order valence-corrected chi connectivity index (χ3v) is 8.02. The first-order valence-electron chi connectivity index (χ1n) is 11.8. The number of nitrogens with one attached hydrogen (secondary N) is 1. The van der Waals surface area contributed by atoms with Gasteiger partial charge in [-0.2, -0.15) is 9.97 Å². The number of nitrogen functional groups attached to an aromatic ring is 1. The summed E-state index contributed by atoms with van der Waals surface area (Å²) in [7, 11) is 0. The molecule has 4 aromatic rings. The van der Waals surface area contributed by atoms with Crippen LogP contribution >= 0.6 is 0 Å². The summed E-state index contributed by atoms with van der Waals surface area (Å²) in [5.74, 6) is 4.30. The Morgan fingerprint density at radius 1 is 0.812 bits per heavy atom. The summed E-state index contributed by atoms with van der Waals surface area (Å²) in [6, 6.07) is 15.1. The monoisotopic (exact) mass is 422 g/mol. The van der Waals surface area contributed by atoms with Gasteiger partial charge in [-0.3, -0.25) is 0 Å². The minimum Gasteiger partial charge on any atom is -0.368 e. The van der Waals surface area contributed by atoms with E-state index in [4.69, 9.17) is 10.7 Å². The molecule has 0 atom stereocenters. The lowest BCUT2D eigenvalue weighted by atomic mass is 9.54. The topological polar surface area (TPSA) is 89.6 Å². The Balaban J connectivity index is 1.32. The van der Waals surface area contributed by atoms with Crippen LogP contribution in [0.5, 0.6) is 0 Å². The molecule has 6 nitrogen and oxygen atoms in total. The van der Waals surface area contributed by atoms with Gasteiger partial charge in [-0.15, -0.1) is 0 Å². The van der Waals surface area contributed by atoms with Crippen molar-refractivity contribution in [3.63, 3.8) is 0 Å². The predicted molar refractivity (Wildman–Crippen MR) is 127 cm³/mol. The Labute approximate surface area is 186 Å². The average molecular weight is 423 g/mol. The van der Waals surface area contributed by atoms with E-state index in [1.54, 1.807) is 6.20 Å². The van der Waals surface area contributed by atoms with Crippen LogP contribution in [0.1, 0.15) is 32.1 Å². The van der Waals surface area contributed by atoms with Gasteiger partial charge in [0.05, 0.1) is 11.9 Å². The van der Waals surface area contributed by atoms with Crippen LogP contribution in [0.2, 0.25) is 0 Å². The van der Waals surface area contributed by atoms with Gasteiger partial charge in [-0.05, 0) is 66.5 Å². The molecule has 2 aromatic heterocycles. The smallest absolute Gasteiger partial charge is 0.224 e. The first kappa shape index (κ1) is 18.3. The zero-order valence-electron chi connectivity index (χ0n) is 17.9. The Morgan fingerprint density at radius 2 is 1.56 bits per heavy atom. The summed E-state index contributed by atoms with van der Waals surface area (Å²) >= 11 is 0. The SMILES string of the molecule is Nc1nc(NC2C3CC4CC(C3)CC2C4)c2nc(-c3cccc4ccccc34)cnc2n1. The summed E-state index contributed by atoms with van der Waals surface area (Å²) in [6.45, 7) is 0. The van der Waals surface area contributed by atoms with E-state index in [2.05, 4.69) is 62.7 Å². The number of nitrogens with two attached hydrogens (primary N) is 1.